The molecule has 1 aromatic rings. The number of alkyl carbamates (subject to hydrolysis) is 1. The van der Waals surface area contributed by atoms with Crippen LogP contribution in [0.15, 0.2) is 24.3 Å². The second-order valence-electron chi connectivity index (χ2n) is 8.78. The fourth-order valence-electron chi connectivity index (χ4n) is 3.10. The lowest BCUT2D eigenvalue weighted by Gasteiger charge is -2.31. The van der Waals surface area contributed by atoms with Crippen LogP contribution in [0.2, 0.25) is 0 Å². The predicted octanol–water partition coefficient (Wildman–Crippen LogP) is 2.18. The SMILES string of the molecule is CCCCNC(=O)C(c1cccc(C)c1)N(C)C(=O)C(CC(N)=O)NC(=O)OC(C)(C)C. The van der Waals surface area contributed by atoms with Crippen LogP contribution in [-0.4, -0.2) is 54.0 Å². The fraction of sp³-hybridized carbons (Fsp3) is 0.565. The number of rotatable bonds is 10. The van der Waals surface area contributed by atoms with Crippen molar-refractivity contribution in [1.29, 1.82) is 0 Å². The summed E-state index contributed by atoms with van der Waals surface area (Å²) in [6.45, 7) is 9.41. The highest BCUT2D eigenvalue weighted by Gasteiger charge is 2.34. The van der Waals surface area contributed by atoms with Gasteiger partial charge in [0.25, 0.3) is 0 Å². The molecule has 2 unspecified atom stereocenters. The molecule has 32 heavy (non-hydrogen) atoms. The zero-order valence-electron chi connectivity index (χ0n) is 19.9. The molecular weight excluding hydrogens is 412 g/mol. The highest BCUT2D eigenvalue weighted by Crippen LogP contribution is 2.22. The maximum atomic E-state index is 13.3. The summed E-state index contributed by atoms with van der Waals surface area (Å²) in [5.41, 5.74) is 6.05. The Morgan fingerprint density at radius 3 is 2.38 bits per heavy atom. The highest BCUT2D eigenvalue weighted by atomic mass is 16.6. The van der Waals surface area contributed by atoms with E-state index in [1.54, 1.807) is 32.9 Å². The Morgan fingerprint density at radius 2 is 1.84 bits per heavy atom. The number of hydrogen-bond acceptors (Lipinski definition) is 5. The summed E-state index contributed by atoms with van der Waals surface area (Å²) in [6, 6.07) is 5.04. The number of nitrogens with one attached hydrogen (secondary N) is 2. The molecule has 0 aliphatic carbocycles. The molecular formula is C23H36N4O5. The van der Waals surface area contributed by atoms with Gasteiger partial charge in [-0.3, -0.25) is 14.4 Å². The second-order valence-corrected chi connectivity index (χ2v) is 8.78. The summed E-state index contributed by atoms with van der Waals surface area (Å²) in [7, 11) is 1.46. The van der Waals surface area contributed by atoms with E-state index in [2.05, 4.69) is 10.6 Å². The van der Waals surface area contributed by atoms with E-state index >= 15 is 0 Å². The Balaban J connectivity index is 3.20. The largest absolute Gasteiger partial charge is 0.444 e. The standard InChI is InChI=1S/C23H36N4O5/c1-7-8-12-25-20(29)19(16-11-9-10-15(2)13-16)27(6)21(30)17(14-18(24)28)26-22(31)32-23(3,4)5/h9-11,13,17,19H,7-8,12,14H2,1-6H3,(H2,24,28)(H,25,29)(H,26,31). The lowest BCUT2D eigenvalue weighted by molar-refractivity contribution is -0.141. The number of nitrogens with zero attached hydrogens (tertiary/aromatic N) is 1. The van der Waals surface area contributed by atoms with Gasteiger partial charge in [0.1, 0.15) is 17.7 Å². The fourth-order valence-corrected chi connectivity index (χ4v) is 3.10. The number of ether oxygens (including phenoxy) is 1. The van der Waals surface area contributed by atoms with Gasteiger partial charge in [-0.25, -0.2) is 4.79 Å². The topological polar surface area (TPSA) is 131 Å². The van der Waals surface area contributed by atoms with Crippen LogP contribution in [0.4, 0.5) is 4.79 Å². The maximum absolute atomic E-state index is 13.3. The smallest absolute Gasteiger partial charge is 0.408 e. The van der Waals surface area contributed by atoms with Crippen LogP contribution in [0.3, 0.4) is 0 Å². The molecule has 0 saturated carbocycles. The third-order valence-corrected chi connectivity index (χ3v) is 4.57. The maximum Gasteiger partial charge on any atom is 0.408 e. The minimum Gasteiger partial charge on any atom is -0.444 e. The normalized spacial score (nSPS) is 12.9. The van der Waals surface area contributed by atoms with Crippen molar-refractivity contribution < 1.29 is 23.9 Å². The number of benzene rings is 1. The van der Waals surface area contributed by atoms with Gasteiger partial charge in [-0.2, -0.15) is 0 Å². The van der Waals surface area contributed by atoms with Crippen LogP contribution in [0.5, 0.6) is 0 Å². The number of likely N-dealkylation sites (N-methyl/N-ethyl adjacent to an activating group) is 1. The lowest BCUT2D eigenvalue weighted by Crippen LogP contribution is -2.52. The van der Waals surface area contributed by atoms with Crippen molar-refractivity contribution in [3.05, 3.63) is 35.4 Å². The first kappa shape index (κ1) is 26.9. The first-order valence-electron chi connectivity index (χ1n) is 10.7. The van der Waals surface area contributed by atoms with Gasteiger partial charge < -0.3 is 26.0 Å². The first-order valence-corrected chi connectivity index (χ1v) is 10.7. The number of hydrogen-bond donors (Lipinski definition) is 3. The predicted molar refractivity (Wildman–Crippen MR) is 122 cm³/mol. The molecule has 9 heteroatoms. The van der Waals surface area contributed by atoms with E-state index in [1.165, 1.54) is 11.9 Å². The number of amides is 4. The quantitative estimate of drug-likeness (QED) is 0.472. The average Bonchev–Trinajstić information content (AvgIpc) is 2.65. The van der Waals surface area contributed by atoms with Crippen molar-refractivity contribution in [3.8, 4) is 0 Å². The van der Waals surface area contributed by atoms with Gasteiger partial charge in [0.15, 0.2) is 0 Å². The van der Waals surface area contributed by atoms with Gasteiger partial charge in [0.05, 0.1) is 6.42 Å². The van der Waals surface area contributed by atoms with E-state index in [4.69, 9.17) is 10.5 Å². The Bertz CT molecular complexity index is 819. The molecule has 178 valence electrons. The minimum atomic E-state index is -1.27. The molecule has 9 nitrogen and oxygen atoms in total. The Labute approximate surface area is 190 Å². The molecule has 0 radical (unpaired) electrons. The Hall–Kier alpha value is -3.10. The lowest BCUT2D eigenvalue weighted by atomic mass is 10.0. The molecule has 4 N–H and O–H groups in total. The average molecular weight is 449 g/mol. The molecule has 0 bridgehead atoms. The number of carbonyl (C=O) groups excluding carboxylic acids is 4. The summed E-state index contributed by atoms with van der Waals surface area (Å²) in [5, 5.41) is 5.26. The van der Waals surface area contributed by atoms with E-state index in [0.29, 0.717) is 12.1 Å². The first-order chi connectivity index (χ1) is 14.9. The highest BCUT2D eigenvalue weighted by molar-refractivity contribution is 5.94. The van der Waals surface area contributed by atoms with Gasteiger partial charge >= 0.3 is 6.09 Å². The van der Waals surface area contributed by atoms with Gasteiger partial charge in [-0.1, -0.05) is 43.2 Å². The van der Waals surface area contributed by atoms with Crippen molar-refractivity contribution in [3.63, 3.8) is 0 Å². The van der Waals surface area contributed by atoms with Crippen molar-refractivity contribution in [2.45, 2.75) is 71.6 Å². The minimum absolute atomic E-state index is 0.352. The van der Waals surface area contributed by atoms with Gasteiger partial charge in [0.2, 0.25) is 17.7 Å². The molecule has 0 aliphatic rings. The van der Waals surface area contributed by atoms with E-state index in [1.807, 2.05) is 26.0 Å². The van der Waals surface area contributed by atoms with Crippen molar-refractivity contribution >= 4 is 23.8 Å². The molecule has 2 atom stereocenters. The summed E-state index contributed by atoms with van der Waals surface area (Å²) < 4.78 is 5.20. The molecule has 0 aliphatic heterocycles. The zero-order chi connectivity index (χ0) is 24.5. The number of primary amides is 1. The number of carbonyl (C=O) groups is 4. The van der Waals surface area contributed by atoms with Crippen molar-refractivity contribution in [1.82, 2.24) is 15.5 Å². The molecule has 0 saturated heterocycles. The van der Waals surface area contributed by atoms with Gasteiger partial charge in [0, 0.05) is 13.6 Å². The molecule has 0 aromatic heterocycles. The molecule has 1 aromatic carbocycles. The molecule has 1 rings (SSSR count). The second kappa shape index (κ2) is 12.1. The molecule has 0 spiro atoms. The third kappa shape index (κ3) is 8.95. The Morgan fingerprint density at radius 1 is 1.19 bits per heavy atom. The van der Waals surface area contributed by atoms with Crippen LogP contribution in [0, 0.1) is 6.92 Å². The molecule has 0 fully saturated rings. The van der Waals surface area contributed by atoms with Crippen molar-refractivity contribution in [2.75, 3.05) is 13.6 Å². The zero-order valence-corrected chi connectivity index (χ0v) is 19.9. The molecule has 0 heterocycles. The van der Waals surface area contributed by atoms with Gasteiger partial charge in [-0.15, -0.1) is 0 Å². The summed E-state index contributed by atoms with van der Waals surface area (Å²) in [5.74, 6) is -1.76. The van der Waals surface area contributed by atoms with E-state index in [-0.39, 0.29) is 5.91 Å². The Kier molecular flexibility index (Phi) is 10.2. The van der Waals surface area contributed by atoms with E-state index in [0.717, 1.165) is 18.4 Å². The summed E-state index contributed by atoms with van der Waals surface area (Å²) in [6.07, 6.45) is 0.421. The number of nitrogens with two attached hydrogens (primary N) is 1. The third-order valence-electron chi connectivity index (χ3n) is 4.57. The van der Waals surface area contributed by atoms with Crippen LogP contribution < -0.4 is 16.4 Å². The van der Waals surface area contributed by atoms with Crippen LogP contribution in [0.1, 0.15) is 64.1 Å². The van der Waals surface area contributed by atoms with Crippen LogP contribution in [-0.2, 0) is 19.1 Å². The number of unbranched alkanes of at least 4 members (excludes halogenated alkanes) is 1. The monoisotopic (exact) mass is 448 g/mol. The van der Waals surface area contributed by atoms with E-state index < -0.39 is 42.0 Å². The van der Waals surface area contributed by atoms with Crippen LogP contribution in [0.25, 0.3) is 0 Å². The molecule has 4 amide bonds. The van der Waals surface area contributed by atoms with Crippen LogP contribution >= 0.6 is 0 Å². The van der Waals surface area contributed by atoms with E-state index in [9.17, 15) is 19.2 Å². The van der Waals surface area contributed by atoms with Gasteiger partial charge in [-0.05, 0) is 39.7 Å². The summed E-state index contributed by atoms with van der Waals surface area (Å²) >= 11 is 0. The van der Waals surface area contributed by atoms with Crippen molar-refractivity contribution in [2.24, 2.45) is 5.73 Å². The number of aryl methyl sites for hydroxylation is 1. The summed E-state index contributed by atoms with van der Waals surface area (Å²) in [4.78, 5) is 51.3.